The van der Waals surface area contributed by atoms with Crippen molar-refractivity contribution in [1.82, 2.24) is 24.8 Å². The Labute approximate surface area is 233 Å². The van der Waals surface area contributed by atoms with Crippen LogP contribution < -0.4 is 10.1 Å². The molecule has 0 spiro atoms. The van der Waals surface area contributed by atoms with E-state index >= 15 is 0 Å². The number of likely N-dealkylation sites (N-methyl/N-ethyl adjacent to an activating group) is 1. The van der Waals surface area contributed by atoms with Crippen LogP contribution in [0.1, 0.15) is 41.6 Å². The average Bonchev–Trinajstić information content (AvgIpc) is 3.26. The van der Waals surface area contributed by atoms with Gasteiger partial charge in [-0.2, -0.15) is 0 Å². The zero-order chi connectivity index (χ0) is 27.7. The number of anilines is 2. The lowest BCUT2D eigenvalue weighted by Crippen LogP contribution is -2.43. The van der Waals surface area contributed by atoms with Crippen LogP contribution >= 0.6 is 11.3 Å². The van der Waals surface area contributed by atoms with E-state index in [1.807, 2.05) is 68.1 Å². The number of rotatable bonds is 7. The van der Waals surface area contributed by atoms with Crippen LogP contribution in [0.2, 0.25) is 0 Å². The number of aryl methyl sites for hydroxylation is 2. The largest absolute Gasteiger partial charge is 0.455 e. The summed E-state index contributed by atoms with van der Waals surface area (Å²) in [4.78, 5) is 32.7. The maximum absolute atomic E-state index is 13.1. The molecule has 1 N–H and O–H groups in total. The van der Waals surface area contributed by atoms with Crippen LogP contribution in [0, 0.1) is 13.8 Å². The van der Waals surface area contributed by atoms with Gasteiger partial charge in [0.05, 0.1) is 17.6 Å². The Hall–Kier alpha value is -3.82. The summed E-state index contributed by atoms with van der Waals surface area (Å²) in [6.07, 6.45) is 7.71. The van der Waals surface area contributed by atoms with Gasteiger partial charge in [0, 0.05) is 34.9 Å². The van der Waals surface area contributed by atoms with Crippen LogP contribution in [0.3, 0.4) is 0 Å². The van der Waals surface area contributed by atoms with Gasteiger partial charge in [0.1, 0.15) is 28.5 Å². The van der Waals surface area contributed by atoms with Gasteiger partial charge in [-0.3, -0.25) is 9.78 Å². The van der Waals surface area contributed by atoms with Crippen molar-refractivity contribution in [2.45, 2.75) is 46.2 Å². The van der Waals surface area contributed by atoms with E-state index in [-0.39, 0.29) is 18.0 Å². The van der Waals surface area contributed by atoms with Gasteiger partial charge in [0.25, 0.3) is 0 Å². The quantitative estimate of drug-likeness (QED) is 0.279. The Morgan fingerprint density at radius 1 is 1.18 bits per heavy atom. The van der Waals surface area contributed by atoms with E-state index in [9.17, 15) is 4.79 Å². The van der Waals surface area contributed by atoms with Crippen LogP contribution in [0.15, 0.2) is 55.0 Å². The number of nitrogens with one attached hydrogen (secondary N) is 1. The molecule has 1 aliphatic rings. The summed E-state index contributed by atoms with van der Waals surface area (Å²) in [5.74, 6) is 2.30. The maximum atomic E-state index is 13.1. The van der Waals surface area contributed by atoms with Crippen LogP contribution in [0.25, 0.3) is 10.2 Å². The Bertz CT molecular complexity index is 1530. The summed E-state index contributed by atoms with van der Waals surface area (Å²) >= 11 is 1.65. The number of hydrogen-bond donors (Lipinski definition) is 1. The van der Waals surface area contributed by atoms with E-state index < -0.39 is 0 Å². The molecule has 0 unspecified atom stereocenters. The van der Waals surface area contributed by atoms with Crippen LogP contribution in [0.4, 0.5) is 11.5 Å². The number of ether oxygens (including phenoxy) is 1. The SMILES string of the molecule is Cc1ccc(Oc2ccc(Nc3ncnc4sc5c(c34)C[C@@H](C)N(C(=O)/C=C/CN(C)C)[C@@H]5C)cc2C)cn1. The van der Waals surface area contributed by atoms with Gasteiger partial charge in [-0.25, -0.2) is 9.97 Å². The molecule has 1 aliphatic heterocycles. The topological polar surface area (TPSA) is 83.5 Å². The van der Waals surface area contributed by atoms with Crippen molar-refractivity contribution >= 4 is 39.0 Å². The number of carbonyl (C=O) groups excluding carboxylic acids is 1. The lowest BCUT2D eigenvalue weighted by atomic mass is 9.94. The lowest BCUT2D eigenvalue weighted by Gasteiger charge is -2.38. The predicted octanol–water partition coefficient (Wildman–Crippen LogP) is 6.19. The number of pyridine rings is 1. The highest BCUT2D eigenvalue weighted by Gasteiger charge is 2.35. The van der Waals surface area contributed by atoms with Crippen molar-refractivity contribution in [3.63, 3.8) is 0 Å². The number of nitrogens with zero attached hydrogens (tertiary/aromatic N) is 5. The number of carbonyl (C=O) groups is 1. The first-order chi connectivity index (χ1) is 18.7. The fraction of sp³-hybridized carbons (Fsp3) is 0.333. The molecule has 2 atom stereocenters. The van der Waals surface area contributed by atoms with Crippen LogP contribution in [-0.4, -0.2) is 57.3 Å². The van der Waals surface area contributed by atoms with Crippen molar-refractivity contribution in [2.75, 3.05) is 26.0 Å². The highest BCUT2D eigenvalue weighted by atomic mass is 32.1. The second kappa shape index (κ2) is 11.1. The summed E-state index contributed by atoms with van der Waals surface area (Å²) in [6, 6.07) is 9.87. The summed E-state index contributed by atoms with van der Waals surface area (Å²) < 4.78 is 6.04. The molecule has 5 rings (SSSR count). The smallest absolute Gasteiger partial charge is 0.247 e. The minimum atomic E-state index is -0.0396. The molecule has 0 bridgehead atoms. The first-order valence-corrected chi connectivity index (χ1v) is 13.9. The molecule has 0 radical (unpaired) electrons. The standard InChI is InChI=1S/C30H34N6O2S/c1-18-14-22(10-12-25(18)38-23-11-9-19(2)31-16-23)34-29-27-24-15-20(3)36(26(37)8-7-13-35(5)6)21(4)28(24)39-30(27)33-17-32-29/h7-12,14,16-17,20-21H,13,15H2,1-6H3,(H,32,33,34)/b8-7+/t20-,21-/m1/s1. The Balaban J connectivity index is 1.40. The van der Waals surface area contributed by atoms with Gasteiger partial charge in [0.15, 0.2) is 0 Å². The number of thiophene rings is 1. The van der Waals surface area contributed by atoms with Gasteiger partial charge >= 0.3 is 0 Å². The first kappa shape index (κ1) is 26.8. The van der Waals surface area contributed by atoms with Crippen molar-refractivity contribution < 1.29 is 9.53 Å². The lowest BCUT2D eigenvalue weighted by molar-refractivity contribution is -0.130. The van der Waals surface area contributed by atoms with E-state index in [1.54, 1.807) is 29.9 Å². The van der Waals surface area contributed by atoms with Crippen LogP contribution in [-0.2, 0) is 11.2 Å². The van der Waals surface area contributed by atoms with Crippen LogP contribution in [0.5, 0.6) is 11.5 Å². The predicted molar refractivity (Wildman–Crippen MR) is 157 cm³/mol. The molecule has 0 saturated heterocycles. The van der Waals surface area contributed by atoms with Crippen molar-refractivity contribution in [3.8, 4) is 11.5 Å². The minimum Gasteiger partial charge on any atom is -0.455 e. The third-order valence-corrected chi connectivity index (χ3v) is 8.23. The molecule has 1 amide bonds. The number of aromatic nitrogens is 3. The Kier molecular flexibility index (Phi) is 7.63. The highest BCUT2D eigenvalue weighted by molar-refractivity contribution is 7.19. The van der Waals surface area contributed by atoms with E-state index in [0.717, 1.165) is 51.7 Å². The summed E-state index contributed by atoms with van der Waals surface area (Å²) in [5.41, 5.74) is 4.09. The number of hydrogen-bond acceptors (Lipinski definition) is 8. The Morgan fingerprint density at radius 3 is 2.72 bits per heavy atom. The van der Waals surface area contributed by atoms with E-state index in [2.05, 4.69) is 40.2 Å². The molecular weight excluding hydrogens is 508 g/mol. The number of amides is 1. The normalized spacial score (nSPS) is 17.2. The molecule has 0 saturated carbocycles. The van der Waals surface area contributed by atoms with Gasteiger partial charge in [-0.15, -0.1) is 11.3 Å². The van der Waals surface area contributed by atoms with E-state index in [1.165, 1.54) is 10.4 Å². The molecule has 202 valence electrons. The average molecular weight is 543 g/mol. The molecule has 9 heteroatoms. The summed E-state index contributed by atoms with van der Waals surface area (Å²) in [5, 5.41) is 4.55. The van der Waals surface area contributed by atoms with Crippen molar-refractivity contribution in [1.29, 1.82) is 0 Å². The van der Waals surface area contributed by atoms with Gasteiger partial charge < -0.3 is 19.9 Å². The number of fused-ring (bicyclic) bond motifs is 3. The molecule has 39 heavy (non-hydrogen) atoms. The third-order valence-electron chi connectivity index (χ3n) is 6.92. The fourth-order valence-electron chi connectivity index (χ4n) is 5.02. The summed E-state index contributed by atoms with van der Waals surface area (Å²) in [7, 11) is 3.98. The molecule has 3 aromatic heterocycles. The molecule has 1 aromatic carbocycles. The Morgan fingerprint density at radius 2 is 2.00 bits per heavy atom. The summed E-state index contributed by atoms with van der Waals surface area (Å²) in [6.45, 7) is 8.92. The second-order valence-corrected chi connectivity index (χ2v) is 11.4. The van der Waals surface area contributed by atoms with Gasteiger partial charge in [-0.1, -0.05) is 6.08 Å². The molecule has 0 aliphatic carbocycles. The minimum absolute atomic E-state index is 0.0396. The fourth-order valence-corrected chi connectivity index (χ4v) is 6.25. The molecule has 8 nitrogen and oxygen atoms in total. The molecule has 0 fully saturated rings. The maximum Gasteiger partial charge on any atom is 0.247 e. The van der Waals surface area contributed by atoms with Crippen molar-refractivity contribution in [3.05, 3.63) is 76.7 Å². The zero-order valence-electron chi connectivity index (χ0n) is 23.2. The highest BCUT2D eigenvalue weighted by Crippen LogP contribution is 2.44. The van der Waals surface area contributed by atoms with E-state index in [0.29, 0.717) is 5.75 Å². The van der Waals surface area contributed by atoms with Crippen molar-refractivity contribution in [2.24, 2.45) is 0 Å². The van der Waals surface area contributed by atoms with Gasteiger partial charge in [-0.05, 0) is 89.7 Å². The second-order valence-electron chi connectivity index (χ2n) is 10.3. The molecular formula is C30H34N6O2S. The first-order valence-electron chi connectivity index (χ1n) is 13.1. The third kappa shape index (κ3) is 5.65. The zero-order valence-corrected chi connectivity index (χ0v) is 24.0. The molecule has 4 aromatic rings. The van der Waals surface area contributed by atoms with Gasteiger partial charge in [0.2, 0.25) is 5.91 Å². The van der Waals surface area contributed by atoms with E-state index in [4.69, 9.17) is 4.74 Å². The monoisotopic (exact) mass is 542 g/mol. The molecule has 4 heterocycles. The number of benzene rings is 1.